The molecular weight excluding hydrogens is 358 g/mol. The van der Waals surface area contributed by atoms with Crippen molar-refractivity contribution in [3.8, 4) is 0 Å². The molecule has 1 aliphatic rings. The third-order valence-electron chi connectivity index (χ3n) is 5.48. The van der Waals surface area contributed by atoms with Crippen molar-refractivity contribution in [1.29, 1.82) is 0 Å². The molecule has 1 aliphatic heterocycles. The number of benzene rings is 2. The fourth-order valence-electron chi connectivity index (χ4n) is 3.95. The summed E-state index contributed by atoms with van der Waals surface area (Å²) in [4.78, 5) is 24.0. The molecule has 2 N–H and O–H groups in total. The van der Waals surface area contributed by atoms with E-state index in [9.17, 15) is 14.7 Å². The Labute approximate surface area is 162 Å². The summed E-state index contributed by atoms with van der Waals surface area (Å²) in [5.74, 6) is -1.09. The molecule has 0 aliphatic carbocycles. The largest absolute Gasteiger partial charge is 0.481 e. The first-order valence-electron chi connectivity index (χ1n) is 9.59. The molecule has 1 amide bonds. The lowest BCUT2D eigenvalue weighted by Gasteiger charge is -2.27. The van der Waals surface area contributed by atoms with E-state index in [1.807, 2.05) is 42.5 Å². The lowest BCUT2D eigenvalue weighted by atomic mass is 9.86. The summed E-state index contributed by atoms with van der Waals surface area (Å²) in [5.41, 5.74) is 0.743. The van der Waals surface area contributed by atoms with E-state index in [4.69, 9.17) is 9.15 Å². The summed E-state index contributed by atoms with van der Waals surface area (Å²) >= 11 is 0. The number of hydrogen-bond donors (Lipinski definition) is 2. The van der Waals surface area contributed by atoms with Crippen LogP contribution in [0.25, 0.3) is 21.7 Å². The van der Waals surface area contributed by atoms with Gasteiger partial charge in [-0.3, -0.25) is 9.59 Å². The summed E-state index contributed by atoms with van der Waals surface area (Å²) in [6, 6.07) is 13.8. The summed E-state index contributed by atoms with van der Waals surface area (Å²) in [6.07, 6.45) is 1.51. The minimum absolute atomic E-state index is 0.0316. The molecule has 1 saturated heterocycles. The third kappa shape index (κ3) is 3.87. The van der Waals surface area contributed by atoms with Crippen molar-refractivity contribution in [3.05, 3.63) is 48.2 Å². The number of carbonyl (C=O) groups is 2. The molecule has 3 aromatic rings. The first kappa shape index (κ1) is 18.5. The molecular formula is C22H23NO5. The second-order valence-corrected chi connectivity index (χ2v) is 7.29. The molecule has 1 fully saturated rings. The van der Waals surface area contributed by atoms with E-state index in [-0.39, 0.29) is 24.8 Å². The maximum absolute atomic E-state index is 12.4. The van der Waals surface area contributed by atoms with Gasteiger partial charge in [-0.25, -0.2) is 0 Å². The molecule has 1 unspecified atom stereocenters. The van der Waals surface area contributed by atoms with Crippen LogP contribution in [0.15, 0.2) is 46.9 Å². The Morgan fingerprint density at radius 2 is 1.89 bits per heavy atom. The highest BCUT2D eigenvalue weighted by molar-refractivity contribution is 6.06. The monoisotopic (exact) mass is 381 g/mol. The number of nitrogens with one attached hydrogen (secondary N) is 1. The molecule has 4 rings (SSSR count). The number of ether oxygens (including phenoxy) is 1. The Kier molecular flexibility index (Phi) is 5.30. The second kappa shape index (κ2) is 8.02. The van der Waals surface area contributed by atoms with Gasteiger partial charge in [-0.2, -0.15) is 0 Å². The van der Waals surface area contributed by atoms with Gasteiger partial charge in [0.15, 0.2) is 0 Å². The van der Waals surface area contributed by atoms with E-state index in [2.05, 4.69) is 5.32 Å². The summed E-state index contributed by atoms with van der Waals surface area (Å²) in [7, 11) is 0. The number of carbonyl (C=O) groups excluding carboxylic acids is 1. The maximum atomic E-state index is 12.4. The zero-order valence-corrected chi connectivity index (χ0v) is 15.5. The number of furan rings is 1. The van der Waals surface area contributed by atoms with Gasteiger partial charge in [0.05, 0.1) is 12.3 Å². The van der Waals surface area contributed by atoms with Crippen molar-refractivity contribution in [3.63, 3.8) is 0 Å². The van der Waals surface area contributed by atoms with Crippen LogP contribution < -0.4 is 5.32 Å². The average molecular weight is 381 g/mol. The van der Waals surface area contributed by atoms with Gasteiger partial charge in [-0.05, 0) is 41.7 Å². The van der Waals surface area contributed by atoms with Crippen molar-refractivity contribution in [2.75, 3.05) is 19.8 Å². The average Bonchev–Trinajstić information content (AvgIpc) is 3.11. The smallest absolute Gasteiger partial charge is 0.308 e. The van der Waals surface area contributed by atoms with E-state index in [0.717, 1.165) is 21.7 Å². The third-order valence-corrected chi connectivity index (χ3v) is 5.48. The Balaban J connectivity index is 1.43. The standard InChI is InChI=1S/C22H23NO5/c24-21(23-13-19(22(25)26)15-7-9-27-10-8-15)12-16-11-18-17-4-2-1-3-14(17)5-6-20(18)28-16/h1-6,11,15,19H,7-10,12-13H2,(H,23,24)(H,25,26). The molecule has 2 aromatic carbocycles. The molecule has 6 heteroatoms. The minimum Gasteiger partial charge on any atom is -0.481 e. The van der Waals surface area contributed by atoms with Crippen molar-refractivity contribution in [1.82, 2.24) is 5.32 Å². The van der Waals surface area contributed by atoms with Gasteiger partial charge in [0.25, 0.3) is 0 Å². The van der Waals surface area contributed by atoms with Crippen molar-refractivity contribution < 1.29 is 23.8 Å². The van der Waals surface area contributed by atoms with Gasteiger partial charge in [0.2, 0.25) is 5.91 Å². The predicted octanol–water partition coefficient (Wildman–Crippen LogP) is 3.37. The van der Waals surface area contributed by atoms with Crippen LogP contribution in [0.1, 0.15) is 18.6 Å². The summed E-state index contributed by atoms with van der Waals surface area (Å²) < 4.78 is 11.1. The zero-order valence-electron chi connectivity index (χ0n) is 15.5. The molecule has 1 aromatic heterocycles. The quantitative estimate of drug-likeness (QED) is 0.683. The lowest BCUT2D eigenvalue weighted by molar-refractivity contribution is -0.144. The van der Waals surface area contributed by atoms with Crippen molar-refractivity contribution in [2.45, 2.75) is 19.3 Å². The molecule has 1 atom stereocenters. The van der Waals surface area contributed by atoms with E-state index >= 15 is 0 Å². The Morgan fingerprint density at radius 3 is 2.68 bits per heavy atom. The minimum atomic E-state index is -0.873. The fraction of sp³-hybridized carbons (Fsp3) is 0.364. The van der Waals surface area contributed by atoms with Crippen LogP contribution in [0, 0.1) is 11.8 Å². The van der Waals surface area contributed by atoms with Crippen LogP contribution >= 0.6 is 0 Å². The van der Waals surface area contributed by atoms with Crippen LogP contribution in [0.3, 0.4) is 0 Å². The second-order valence-electron chi connectivity index (χ2n) is 7.29. The van der Waals surface area contributed by atoms with Crippen LogP contribution in [-0.2, 0) is 20.7 Å². The first-order valence-corrected chi connectivity index (χ1v) is 9.59. The number of carboxylic acids is 1. The predicted molar refractivity (Wildman–Crippen MR) is 105 cm³/mol. The normalized spacial score (nSPS) is 16.3. The van der Waals surface area contributed by atoms with Gasteiger partial charge in [-0.1, -0.05) is 30.3 Å². The van der Waals surface area contributed by atoms with Gasteiger partial charge in [-0.15, -0.1) is 0 Å². The molecule has 6 nitrogen and oxygen atoms in total. The number of amides is 1. The highest BCUT2D eigenvalue weighted by Gasteiger charge is 2.30. The van der Waals surface area contributed by atoms with Gasteiger partial charge >= 0.3 is 5.97 Å². The maximum Gasteiger partial charge on any atom is 0.308 e. The lowest BCUT2D eigenvalue weighted by Crippen LogP contribution is -2.39. The van der Waals surface area contributed by atoms with Crippen molar-refractivity contribution in [2.24, 2.45) is 11.8 Å². The number of carboxylic acid groups (broad SMARTS) is 1. The Bertz CT molecular complexity index is 1000. The highest BCUT2D eigenvalue weighted by atomic mass is 16.5. The van der Waals surface area contributed by atoms with Gasteiger partial charge < -0.3 is 19.6 Å². The van der Waals surface area contributed by atoms with Crippen LogP contribution in [-0.4, -0.2) is 36.7 Å². The summed E-state index contributed by atoms with van der Waals surface area (Å²) in [6.45, 7) is 1.28. The Morgan fingerprint density at radius 1 is 1.11 bits per heavy atom. The molecule has 0 saturated carbocycles. The highest BCUT2D eigenvalue weighted by Crippen LogP contribution is 2.28. The fourth-order valence-corrected chi connectivity index (χ4v) is 3.95. The molecule has 2 heterocycles. The number of aliphatic carboxylic acids is 1. The molecule has 146 valence electrons. The topological polar surface area (TPSA) is 88.8 Å². The SMILES string of the molecule is O=C(Cc1cc2c(ccc3ccccc32)o1)NCC(C(=O)O)C1CCOCC1. The van der Waals surface area contributed by atoms with Gasteiger partial charge in [0, 0.05) is 25.1 Å². The number of rotatable bonds is 6. The molecule has 0 radical (unpaired) electrons. The molecule has 0 spiro atoms. The molecule has 28 heavy (non-hydrogen) atoms. The van der Waals surface area contributed by atoms with Crippen LogP contribution in [0.2, 0.25) is 0 Å². The number of fused-ring (bicyclic) bond motifs is 3. The Hall–Kier alpha value is -2.86. The van der Waals surface area contributed by atoms with E-state index in [0.29, 0.717) is 31.8 Å². The van der Waals surface area contributed by atoms with E-state index in [1.54, 1.807) is 0 Å². The number of hydrogen-bond acceptors (Lipinski definition) is 4. The van der Waals surface area contributed by atoms with Crippen LogP contribution in [0.5, 0.6) is 0 Å². The van der Waals surface area contributed by atoms with Crippen molar-refractivity contribution >= 4 is 33.6 Å². The zero-order chi connectivity index (χ0) is 19.5. The van der Waals surface area contributed by atoms with E-state index in [1.165, 1.54) is 0 Å². The molecule has 0 bridgehead atoms. The van der Waals surface area contributed by atoms with Crippen LogP contribution in [0.4, 0.5) is 0 Å². The van der Waals surface area contributed by atoms with E-state index < -0.39 is 11.9 Å². The first-order chi connectivity index (χ1) is 13.6. The summed E-state index contributed by atoms with van der Waals surface area (Å²) in [5, 5.41) is 15.5. The van der Waals surface area contributed by atoms with Gasteiger partial charge in [0.1, 0.15) is 11.3 Å².